The van der Waals surface area contributed by atoms with Crippen molar-refractivity contribution in [3.05, 3.63) is 41.2 Å². The SMILES string of the molecule is CC(C)(C)C(=O)OCn1nnnc1C1N2C(=O)C(NC(=O)Cc3ccccc3CN)C2SC1(C)C. The smallest absolute Gasteiger partial charge is 0.313 e. The molecule has 4 rings (SSSR count). The number of carbonyl (C=O) groups is 3. The average molecular weight is 502 g/mol. The number of nitrogens with zero attached hydrogens (tertiary/aromatic N) is 5. The highest BCUT2D eigenvalue weighted by atomic mass is 32.2. The number of carbonyl (C=O) groups excluding carboxylic acids is 3. The minimum absolute atomic E-state index is 0.150. The molecule has 0 spiro atoms. The van der Waals surface area contributed by atoms with E-state index < -0.39 is 22.2 Å². The van der Waals surface area contributed by atoms with E-state index in [4.69, 9.17) is 10.5 Å². The predicted molar refractivity (Wildman–Crippen MR) is 128 cm³/mol. The molecule has 1 aromatic heterocycles. The summed E-state index contributed by atoms with van der Waals surface area (Å²) < 4.78 is 6.35. The maximum Gasteiger partial charge on any atom is 0.313 e. The van der Waals surface area contributed by atoms with Gasteiger partial charge in [-0.3, -0.25) is 14.4 Å². The molecule has 0 saturated carbocycles. The van der Waals surface area contributed by atoms with Gasteiger partial charge in [-0.1, -0.05) is 24.3 Å². The lowest BCUT2D eigenvalue weighted by atomic mass is 9.95. The van der Waals surface area contributed by atoms with E-state index in [2.05, 4.69) is 20.8 Å². The zero-order chi connectivity index (χ0) is 25.5. The van der Waals surface area contributed by atoms with Crippen LogP contribution < -0.4 is 11.1 Å². The van der Waals surface area contributed by atoms with Crippen LogP contribution in [0.4, 0.5) is 0 Å². The van der Waals surface area contributed by atoms with Crippen LogP contribution in [0.25, 0.3) is 0 Å². The molecule has 2 saturated heterocycles. The fourth-order valence-electron chi connectivity index (χ4n) is 4.33. The molecule has 2 fully saturated rings. The van der Waals surface area contributed by atoms with Gasteiger partial charge >= 0.3 is 5.97 Å². The number of hydrogen-bond acceptors (Lipinski definition) is 9. The van der Waals surface area contributed by atoms with E-state index in [0.29, 0.717) is 12.4 Å². The van der Waals surface area contributed by atoms with Crippen LogP contribution >= 0.6 is 11.8 Å². The second-order valence-electron chi connectivity index (χ2n) is 10.3. The van der Waals surface area contributed by atoms with Crippen LogP contribution in [0.1, 0.15) is 57.6 Å². The van der Waals surface area contributed by atoms with Gasteiger partial charge in [0, 0.05) is 11.3 Å². The van der Waals surface area contributed by atoms with Gasteiger partial charge in [-0.25, -0.2) is 0 Å². The Balaban J connectivity index is 1.46. The molecule has 2 aliphatic heterocycles. The zero-order valence-corrected chi connectivity index (χ0v) is 21.3. The van der Waals surface area contributed by atoms with Gasteiger partial charge in [0.15, 0.2) is 12.6 Å². The molecule has 2 aromatic rings. The number of benzene rings is 1. The van der Waals surface area contributed by atoms with Gasteiger partial charge in [0.05, 0.1) is 11.8 Å². The number of hydrogen-bond donors (Lipinski definition) is 2. The number of β-lactam (4-membered cyclic amide) rings is 1. The normalized spacial score (nSPS) is 23.0. The highest BCUT2D eigenvalue weighted by Gasteiger charge is 2.63. The second kappa shape index (κ2) is 9.23. The van der Waals surface area contributed by atoms with Crippen LogP contribution in [0, 0.1) is 5.41 Å². The molecule has 2 aliphatic rings. The minimum atomic E-state index is -0.661. The molecule has 0 bridgehead atoms. The molecule has 35 heavy (non-hydrogen) atoms. The predicted octanol–water partition coefficient (Wildman–Crippen LogP) is 1.14. The summed E-state index contributed by atoms with van der Waals surface area (Å²) in [6.45, 7) is 9.49. The molecule has 3 heterocycles. The molecule has 3 unspecified atom stereocenters. The van der Waals surface area contributed by atoms with Gasteiger partial charge in [-0.15, -0.1) is 16.9 Å². The lowest BCUT2D eigenvalue weighted by Gasteiger charge is -2.44. The Kier molecular flexibility index (Phi) is 6.62. The van der Waals surface area contributed by atoms with Crippen molar-refractivity contribution in [2.24, 2.45) is 11.1 Å². The first kappa shape index (κ1) is 25.1. The molecule has 0 aliphatic carbocycles. The Morgan fingerprint density at radius 2 is 1.91 bits per heavy atom. The Morgan fingerprint density at radius 3 is 2.57 bits per heavy atom. The largest absolute Gasteiger partial charge is 0.442 e. The molecular formula is C23H31N7O4S. The summed E-state index contributed by atoms with van der Waals surface area (Å²) in [5, 5.41) is 14.5. The maximum atomic E-state index is 13.2. The van der Waals surface area contributed by atoms with Crippen molar-refractivity contribution < 1.29 is 19.1 Å². The number of thioether (sulfide) groups is 1. The third-order valence-corrected chi connectivity index (χ3v) is 7.75. The van der Waals surface area contributed by atoms with Gasteiger partial charge in [0.25, 0.3) is 0 Å². The van der Waals surface area contributed by atoms with Gasteiger partial charge < -0.3 is 20.7 Å². The molecule has 3 atom stereocenters. The van der Waals surface area contributed by atoms with Crippen molar-refractivity contribution in [3.63, 3.8) is 0 Å². The molecule has 1 aromatic carbocycles. The van der Waals surface area contributed by atoms with E-state index in [1.54, 1.807) is 37.4 Å². The number of nitrogens with two attached hydrogens (primary N) is 1. The van der Waals surface area contributed by atoms with Gasteiger partial charge in [0.1, 0.15) is 17.5 Å². The van der Waals surface area contributed by atoms with Crippen LogP contribution in [0.2, 0.25) is 0 Å². The number of nitrogens with one attached hydrogen (secondary N) is 1. The number of fused-ring (bicyclic) bond motifs is 1. The molecule has 0 radical (unpaired) electrons. The van der Waals surface area contributed by atoms with E-state index >= 15 is 0 Å². The van der Waals surface area contributed by atoms with Crippen LogP contribution in [0.15, 0.2) is 24.3 Å². The summed E-state index contributed by atoms with van der Waals surface area (Å²) >= 11 is 1.58. The first-order chi connectivity index (χ1) is 16.4. The summed E-state index contributed by atoms with van der Waals surface area (Å²) in [5.74, 6) is -0.373. The molecule has 12 heteroatoms. The lowest BCUT2D eigenvalue weighted by molar-refractivity contribution is -0.158. The van der Waals surface area contributed by atoms with E-state index in [-0.39, 0.29) is 36.3 Å². The van der Waals surface area contributed by atoms with Crippen molar-refractivity contribution in [2.75, 3.05) is 0 Å². The van der Waals surface area contributed by atoms with Gasteiger partial charge in [-0.2, -0.15) is 4.68 Å². The van der Waals surface area contributed by atoms with Crippen LogP contribution in [0.5, 0.6) is 0 Å². The van der Waals surface area contributed by atoms with Crippen molar-refractivity contribution in [2.45, 2.75) is 76.5 Å². The standard InChI is InChI=1S/C23H31N7O4S/c1-22(2,3)21(33)34-12-29-18(26-27-28-29)17-23(4,5)35-20-16(19(32)30(17)20)25-15(31)10-13-8-6-7-9-14(13)11-24/h6-9,16-17,20H,10-12,24H2,1-5H3,(H,25,31). The quantitative estimate of drug-likeness (QED) is 0.421. The summed E-state index contributed by atoms with van der Waals surface area (Å²) in [6, 6.07) is 6.42. The van der Waals surface area contributed by atoms with Crippen LogP contribution in [-0.2, 0) is 38.8 Å². The highest BCUT2D eigenvalue weighted by molar-refractivity contribution is 8.01. The molecule has 2 amide bonds. The summed E-state index contributed by atoms with van der Waals surface area (Å²) in [6.07, 6.45) is 0.152. The molecule has 3 N–H and O–H groups in total. The van der Waals surface area contributed by atoms with Crippen LogP contribution in [-0.4, -0.2) is 59.1 Å². The number of rotatable bonds is 7. The second-order valence-corrected chi connectivity index (χ2v) is 12.1. The molecule has 11 nitrogen and oxygen atoms in total. The summed E-state index contributed by atoms with van der Waals surface area (Å²) in [7, 11) is 0. The Labute approximate surface area is 208 Å². The Bertz CT molecular complexity index is 1140. The van der Waals surface area contributed by atoms with Gasteiger partial charge in [0.2, 0.25) is 11.8 Å². The number of amides is 2. The number of ether oxygens (including phenoxy) is 1. The minimum Gasteiger partial charge on any atom is -0.442 e. The molecular weight excluding hydrogens is 470 g/mol. The topological polar surface area (TPSA) is 145 Å². The van der Waals surface area contributed by atoms with Crippen molar-refractivity contribution in [1.82, 2.24) is 30.4 Å². The monoisotopic (exact) mass is 501 g/mol. The number of aromatic nitrogens is 4. The summed E-state index contributed by atoms with van der Waals surface area (Å²) in [4.78, 5) is 39.8. The molecule has 188 valence electrons. The maximum absolute atomic E-state index is 13.2. The van der Waals surface area contributed by atoms with E-state index in [1.165, 1.54) is 4.68 Å². The first-order valence-corrected chi connectivity index (χ1v) is 12.3. The average Bonchev–Trinajstić information content (AvgIpc) is 3.34. The van der Waals surface area contributed by atoms with E-state index in [1.807, 2.05) is 38.1 Å². The third-order valence-electron chi connectivity index (χ3n) is 6.18. The number of tetrazole rings is 1. The van der Waals surface area contributed by atoms with Gasteiger partial charge in [-0.05, 0) is 56.2 Å². The zero-order valence-electron chi connectivity index (χ0n) is 20.5. The van der Waals surface area contributed by atoms with E-state index in [0.717, 1.165) is 11.1 Å². The fourth-order valence-corrected chi connectivity index (χ4v) is 5.96. The fraction of sp³-hybridized carbons (Fsp3) is 0.565. The highest BCUT2D eigenvalue weighted by Crippen LogP contribution is 2.56. The Hall–Kier alpha value is -2.99. The van der Waals surface area contributed by atoms with E-state index in [9.17, 15) is 14.4 Å². The van der Waals surface area contributed by atoms with Crippen molar-refractivity contribution in [1.29, 1.82) is 0 Å². The Morgan fingerprint density at radius 1 is 1.23 bits per heavy atom. The first-order valence-electron chi connectivity index (χ1n) is 11.4. The summed E-state index contributed by atoms with van der Waals surface area (Å²) in [5.41, 5.74) is 6.86. The lowest BCUT2D eigenvalue weighted by Crippen LogP contribution is -2.68. The van der Waals surface area contributed by atoms with Crippen LogP contribution in [0.3, 0.4) is 0 Å². The van der Waals surface area contributed by atoms with Crippen molar-refractivity contribution >= 4 is 29.5 Å². The third kappa shape index (κ3) is 4.76. The van der Waals surface area contributed by atoms with Crippen molar-refractivity contribution in [3.8, 4) is 0 Å². The number of esters is 1.